The number of nitrogens with one attached hydrogen (secondary N) is 2. The molecular weight excluding hydrogens is 276 g/mol. The largest absolute Gasteiger partial charge is 0.359 e. The number of rotatable bonds is 0. The van der Waals surface area contributed by atoms with Crippen LogP contribution in [0.15, 0.2) is 47.1 Å². The van der Waals surface area contributed by atoms with Gasteiger partial charge in [0.2, 0.25) is 0 Å². The topological polar surface area (TPSA) is 31.6 Å². The van der Waals surface area contributed by atoms with Gasteiger partial charge in [-0.05, 0) is 24.3 Å². The Kier molecular flexibility index (Phi) is 1.72. The number of hydrogen-bond acceptors (Lipinski definition) is 0. The number of H-pyrrole nitrogens is 2. The third-order valence-corrected chi connectivity index (χ3v) is 3.75. The SMILES string of the molecule is Brc1ccc2[nH]c3c(ccc4cc[nH]c43)c2c1. The molecule has 0 saturated heterocycles. The average molecular weight is 285 g/mol. The molecule has 17 heavy (non-hydrogen) atoms. The minimum Gasteiger partial charge on any atom is -0.359 e. The summed E-state index contributed by atoms with van der Waals surface area (Å²) in [5.41, 5.74) is 3.53. The molecule has 2 aromatic heterocycles. The summed E-state index contributed by atoms with van der Waals surface area (Å²) in [6.45, 7) is 0. The lowest BCUT2D eigenvalue weighted by Crippen LogP contribution is -1.71. The summed E-state index contributed by atoms with van der Waals surface area (Å²) in [6.07, 6.45) is 1.98. The Bertz CT molecular complexity index is 854. The molecule has 2 nitrogen and oxygen atoms in total. The molecule has 0 aliphatic carbocycles. The molecular formula is C14H9BrN2. The molecule has 0 atom stereocenters. The fourth-order valence-electron chi connectivity index (χ4n) is 2.47. The van der Waals surface area contributed by atoms with Gasteiger partial charge in [0, 0.05) is 32.3 Å². The summed E-state index contributed by atoms with van der Waals surface area (Å²) >= 11 is 3.52. The van der Waals surface area contributed by atoms with E-state index < -0.39 is 0 Å². The van der Waals surface area contributed by atoms with Crippen LogP contribution in [0.5, 0.6) is 0 Å². The predicted octanol–water partition coefficient (Wildman–Crippen LogP) is 4.56. The molecule has 0 aliphatic rings. The van der Waals surface area contributed by atoms with Crippen LogP contribution in [0.1, 0.15) is 0 Å². The Morgan fingerprint density at radius 3 is 2.76 bits per heavy atom. The van der Waals surface area contributed by atoms with Crippen LogP contribution in [-0.4, -0.2) is 9.97 Å². The van der Waals surface area contributed by atoms with E-state index >= 15 is 0 Å². The zero-order valence-electron chi connectivity index (χ0n) is 8.92. The molecule has 3 heteroatoms. The zero-order chi connectivity index (χ0) is 11.4. The quantitative estimate of drug-likeness (QED) is 0.474. The lowest BCUT2D eigenvalue weighted by molar-refractivity contribution is 1.47. The van der Waals surface area contributed by atoms with Crippen LogP contribution in [0.4, 0.5) is 0 Å². The van der Waals surface area contributed by atoms with Crippen molar-refractivity contribution in [3.63, 3.8) is 0 Å². The third kappa shape index (κ3) is 1.20. The van der Waals surface area contributed by atoms with Gasteiger partial charge in [0.25, 0.3) is 0 Å². The Morgan fingerprint density at radius 1 is 0.882 bits per heavy atom. The molecule has 0 spiro atoms. The van der Waals surface area contributed by atoms with E-state index in [1.165, 1.54) is 32.7 Å². The van der Waals surface area contributed by atoms with Crippen LogP contribution >= 0.6 is 15.9 Å². The van der Waals surface area contributed by atoms with Crippen molar-refractivity contribution in [3.8, 4) is 0 Å². The van der Waals surface area contributed by atoms with Crippen LogP contribution < -0.4 is 0 Å². The fraction of sp³-hybridized carbons (Fsp3) is 0. The second kappa shape index (κ2) is 3.14. The van der Waals surface area contributed by atoms with E-state index in [4.69, 9.17) is 0 Å². The summed E-state index contributed by atoms with van der Waals surface area (Å²) in [5.74, 6) is 0. The molecule has 2 heterocycles. The summed E-state index contributed by atoms with van der Waals surface area (Å²) in [4.78, 5) is 6.78. The van der Waals surface area contributed by atoms with Crippen molar-refractivity contribution in [3.05, 3.63) is 47.1 Å². The van der Waals surface area contributed by atoms with Crippen LogP contribution in [0.2, 0.25) is 0 Å². The van der Waals surface area contributed by atoms with E-state index in [2.05, 4.69) is 62.3 Å². The maximum atomic E-state index is 3.52. The highest BCUT2D eigenvalue weighted by Crippen LogP contribution is 2.31. The average Bonchev–Trinajstić information content (AvgIpc) is 2.91. The second-order valence-electron chi connectivity index (χ2n) is 4.24. The number of aromatic nitrogens is 2. The second-order valence-corrected chi connectivity index (χ2v) is 5.16. The highest BCUT2D eigenvalue weighted by atomic mass is 79.9. The van der Waals surface area contributed by atoms with Crippen LogP contribution in [0, 0.1) is 0 Å². The molecule has 0 saturated carbocycles. The van der Waals surface area contributed by atoms with E-state index in [0.29, 0.717) is 0 Å². The van der Waals surface area contributed by atoms with E-state index in [-0.39, 0.29) is 0 Å². The predicted molar refractivity (Wildman–Crippen MR) is 75.4 cm³/mol. The van der Waals surface area contributed by atoms with Crippen molar-refractivity contribution in [2.24, 2.45) is 0 Å². The Hall–Kier alpha value is -1.74. The van der Waals surface area contributed by atoms with Gasteiger partial charge < -0.3 is 9.97 Å². The maximum Gasteiger partial charge on any atom is 0.0710 e. The Labute approximate surface area is 106 Å². The van der Waals surface area contributed by atoms with Crippen molar-refractivity contribution in [2.45, 2.75) is 0 Å². The van der Waals surface area contributed by atoms with Gasteiger partial charge in [-0.1, -0.05) is 28.1 Å². The van der Waals surface area contributed by atoms with Gasteiger partial charge >= 0.3 is 0 Å². The first-order valence-electron chi connectivity index (χ1n) is 5.50. The molecule has 0 unspecified atom stereocenters. The van der Waals surface area contributed by atoms with Crippen molar-refractivity contribution in [1.82, 2.24) is 9.97 Å². The first-order valence-corrected chi connectivity index (χ1v) is 6.29. The van der Waals surface area contributed by atoms with Crippen molar-refractivity contribution in [2.75, 3.05) is 0 Å². The van der Waals surface area contributed by atoms with E-state index in [9.17, 15) is 0 Å². The summed E-state index contributed by atoms with van der Waals surface area (Å²) < 4.78 is 1.11. The van der Waals surface area contributed by atoms with Gasteiger partial charge in [-0.3, -0.25) is 0 Å². The van der Waals surface area contributed by atoms with Crippen molar-refractivity contribution in [1.29, 1.82) is 0 Å². The third-order valence-electron chi connectivity index (χ3n) is 3.26. The van der Waals surface area contributed by atoms with Crippen LogP contribution in [0.3, 0.4) is 0 Å². The number of hydrogen-bond donors (Lipinski definition) is 2. The van der Waals surface area contributed by atoms with Gasteiger partial charge in [-0.25, -0.2) is 0 Å². The highest BCUT2D eigenvalue weighted by Gasteiger charge is 2.08. The molecule has 0 fully saturated rings. The Balaban J connectivity index is 2.33. The molecule has 2 aromatic carbocycles. The van der Waals surface area contributed by atoms with Gasteiger partial charge in [-0.2, -0.15) is 0 Å². The fourth-order valence-corrected chi connectivity index (χ4v) is 2.83. The Morgan fingerprint density at radius 2 is 1.82 bits per heavy atom. The van der Waals surface area contributed by atoms with E-state index in [1.54, 1.807) is 0 Å². The summed E-state index contributed by atoms with van der Waals surface area (Å²) in [5, 5.41) is 3.75. The first-order chi connectivity index (χ1) is 8.33. The van der Waals surface area contributed by atoms with Crippen LogP contribution in [-0.2, 0) is 0 Å². The molecule has 4 aromatic rings. The highest BCUT2D eigenvalue weighted by molar-refractivity contribution is 9.10. The lowest BCUT2D eigenvalue weighted by Gasteiger charge is -1.93. The smallest absolute Gasteiger partial charge is 0.0710 e. The maximum absolute atomic E-state index is 3.52. The molecule has 0 aliphatic heterocycles. The lowest BCUT2D eigenvalue weighted by atomic mass is 10.1. The van der Waals surface area contributed by atoms with Gasteiger partial charge in [0.1, 0.15) is 0 Å². The van der Waals surface area contributed by atoms with E-state index in [1.807, 2.05) is 6.20 Å². The number of fused-ring (bicyclic) bond motifs is 5. The standard InChI is InChI=1S/C14H9BrN2/c15-9-2-4-12-11(7-9)10-3-1-8-5-6-16-13(8)14(10)17-12/h1-7,16-17H. The van der Waals surface area contributed by atoms with Gasteiger partial charge in [-0.15, -0.1) is 0 Å². The van der Waals surface area contributed by atoms with Crippen molar-refractivity contribution < 1.29 is 0 Å². The number of halogens is 1. The normalized spacial score (nSPS) is 11.8. The minimum absolute atomic E-state index is 1.11. The molecule has 4 rings (SSSR count). The number of benzene rings is 2. The first kappa shape index (κ1) is 9.31. The van der Waals surface area contributed by atoms with E-state index in [0.717, 1.165) is 4.47 Å². The minimum atomic E-state index is 1.11. The van der Waals surface area contributed by atoms with Crippen molar-refractivity contribution >= 4 is 48.6 Å². The molecule has 2 N–H and O–H groups in total. The van der Waals surface area contributed by atoms with Gasteiger partial charge in [0.05, 0.1) is 11.0 Å². The molecule has 0 bridgehead atoms. The zero-order valence-corrected chi connectivity index (χ0v) is 10.5. The summed E-state index contributed by atoms with van der Waals surface area (Å²) in [6, 6.07) is 12.7. The molecule has 82 valence electrons. The summed E-state index contributed by atoms with van der Waals surface area (Å²) in [7, 11) is 0. The molecule has 0 amide bonds. The number of aromatic amines is 2. The van der Waals surface area contributed by atoms with Gasteiger partial charge in [0.15, 0.2) is 0 Å². The molecule has 0 radical (unpaired) electrons. The monoisotopic (exact) mass is 284 g/mol. The van der Waals surface area contributed by atoms with Crippen LogP contribution in [0.25, 0.3) is 32.7 Å².